The molecular weight excluding hydrogens is 234 g/mol. The minimum absolute atomic E-state index is 0.0105. The van der Waals surface area contributed by atoms with Gasteiger partial charge in [-0.15, -0.1) is 0 Å². The summed E-state index contributed by atoms with van der Waals surface area (Å²) in [6.45, 7) is 3.38. The zero-order valence-electron chi connectivity index (χ0n) is 10.4. The Hall–Kier alpha value is -1.95. The molecule has 1 heterocycles. The van der Waals surface area contributed by atoms with Gasteiger partial charge in [0.2, 0.25) is 5.91 Å². The molecule has 0 aliphatic rings. The maximum absolute atomic E-state index is 10.9. The first-order chi connectivity index (χ1) is 8.50. The third-order valence-corrected chi connectivity index (χ3v) is 2.51. The quantitative estimate of drug-likeness (QED) is 0.677. The van der Waals surface area contributed by atoms with Crippen molar-refractivity contribution in [1.29, 1.82) is 0 Å². The number of nitrogens with one attached hydrogen (secondary N) is 2. The molecule has 2 atom stereocenters. The van der Waals surface area contributed by atoms with Gasteiger partial charge in [0, 0.05) is 31.9 Å². The monoisotopic (exact) mass is 251 g/mol. The van der Waals surface area contributed by atoms with E-state index in [9.17, 15) is 9.59 Å². The molecule has 1 rings (SSSR count). The Morgan fingerprint density at radius 1 is 1.39 bits per heavy atom. The molecule has 18 heavy (non-hydrogen) atoms. The Balaban J connectivity index is 2.52. The number of rotatable bonds is 6. The average molecular weight is 251 g/mol. The van der Waals surface area contributed by atoms with E-state index in [2.05, 4.69) is 15.6 Å². The van der Waals surface area contributed by atoms with Crippen molar-refractivity contribution in [2.45, 2.75) is 25.9 Å². The predicted octanol–water partition coefficient (Wildman–Crippen LogP) is 0.321. The van der Waals surface area contributed by atoms with E-state index in [4.69, 9.17) is 5.11 Å². The summed E-state index contributed by atoms with van der Waals surface area (Å²) in [4.78, 5) is 25.7. The fourth-order valence-electron chi connectivity index (χ4n) is 1.51. The Morgan fingerprint density at radius 2 is 2.00 bits per heavy atom. The average Bonchev–Trinajstić information content (AvgIpc) is 2.34. The Kier molecular flexibility index (Phi) is 5.26. The predicted molar refractivity (Wildman–Crippen MR) is 65.9 cm³/mol. The highest BCUT2D eigenvalue weighted by Gasteiger charge is 2.18. The second-order valence-corrected chi connectivity index (χ2v) is 4.00. The lowest BCUT2D eigenvalue weighted by Crippen LogP contribution is -2.46. The third kappa shape index (κ3) is 4.50. The fraction of sp³-hybridized carbons (Fsp3) is 0.417. The number of hydrogen-bond donors (Lipinski definition) is 3. The molecule has 0 spiro atoms. The number of aliphatic carboxylic acids is 1. The van der Waals surface area contributed by atoms with E-state index in [0.29, 0.717) is 0 Å². The number of hydrogen-bond acceptors (Lipinski definition) is 4. The van der Waals surface area contributed by atoms with Gasteiger partial charge >= 0.3 is 5.97 Å². The Bertz CT molecular complexity index is 408. The molecule has 0 saturated heterocycles. The SMILES string of the molecule is CC(=O)NC(CN[C@@H](C)c1ccncc1)C(=O)O. The summed E-state index contributed by atoms with van der Waals surface area (Å²) in [5.41, 5.74) is 1.01. The van der Waals surface area contributed by atoms with Gasteiger partial charge in [-0.2, -0.15) is 0 Å². The van der Waals surface area contributed by atoms with Crippen LogP contribution in [-0.4, -0.2) is 34.6 Å². The van der Waals surface area contributed by atoms with E-state index in [0.717, 1.165) is 5.56 Å². The molecule has 0 aliphatic carbocycles. The molecule has 0 saturated carbocycles. The highest BCUT2D eigenvalue weighted by atomic mass is 16.4. The van der Waals surface area contributed by atoms with E-state index in [1.807, 2.05) is 19.1 Å². The Morgan fingerprint density at radius 3 is 2.50 bits per heavy atom. The second-order valence-electron chi connectivity index (χ2n) is 4.00. The zero-order chi connectivity index (χ0) is 13.5. The van der Waals surface area contributed by atoms with Crippen molar-refractivity contribution < 1.29 is 14.7 Å². The normalized spacial score (nSPS) is 13.7. The van der Waals surface area contributed by atoms with Crippen LogP contribution < -0.4 is 10.6 Å². The maximum Gasteiger partial charge on any atom is 0.327 e. The minimum Gasteiger partial charge on any atom is -0.480 e. The number of carboxylic acid groups (broad SMARTS) is 1. The van der Waals surface area contributed by atoms with E-state index >= 15 is 0 Å². The molecule has 0 bridgehead atoms. The summed E-state index contributed by atoms with van der Waals surface area (Å²) < 4.78 is 0. The second kappa shape index (κ2) is 6.70. The van der Waals surface area contributed by atoms with Gasteiger partial charge < -0.3 is 15.7 Å². The van der Waals surface area contributed by atoms with E-state index in [1.165, 1.54) is 6.92 Å². The third-order valence-electron chi connectivity index (χ3n) is 2.51. The summed E-state index contributed by atoms with van der Waals surface area (Å²) in [7, 11) is 0. The van der Waals surface area contributed by atoms with Crippen LogP contribution in [0.3, 0.4) is 0 Å². The molecule has 6 nitrogen and oxygen atoms in total. The van der Waals surface area contributed by atoms with Crippen LogP contribution in [0.1, 0.15) is 25.5 Å². The summed E-state index contributed by atoms with van der Waals surface area (Å²) >= 11 is 0. The lowest BCUT2D eigenvalue weighted by Gasteiger charge is -2.18. The highest BCUT2D eigenvalue weighted by molar-refractivity contribution is 5.82. The maximum atomic E-state index is 10.9. The van der Waals surface area contributed by atoms with Crippen LogP contribution >= 0.6 is 0 Å². The van der Waals surface area contributed by atoms with Gasteiger partial charge in [0.05, 0.1) is 0 Å². The lowest BCUT2D eigenvalue weighted by molar-refractivity contribution is -0.141. The topological polar surface area (TPSA) is 91.3 Å². The molecule has 1 aromatic rings. The summed E-state index contributed by atoms with van der Waals surface area (Å²) in [5, 5.41) is 14.4. The van der Waals surface area contributed by atoms with Gasteiger partial charge in [0.25, 0.3) is 0 Å². The first kappa shape index (κ1) is 14.1. The van der Waals surface area contributed by atoms with Crippen molar-refractivity contribution in [1.82, 2.24) is 15.6 Å². The van der Waals surface area contributed by atoms with Crippen LogP contribution in [0.2, 0.25) is 0 Å². The number of carbonyl (C=O) groups is 2. The van der Waals surface area contributed by atoms with Gasteiger partial charge in [-0.1, -0.05) is 0 Å². The number of aromatic nitrogens is 1. The molecule has 1 aromatic heterocycles. The van der Waals surface area contributed by atoms with Crippen LogP contribution in [0.25, 0.3) is 0 Å². The van der Waals surface area contributed by atoms with Crippen molar-refractivity contribution in [3.05, 3.63) is 30.1 Å². The largest absolute Gasteiger partial charge is 0.480 e. The highest BCUT2D eigenvalue weighted by Crippen LogP contribution is 2.09. The van der Waals surface area contributed by atoms with Crippen molar-refractivity contribution in [2.24, 2.45) is 0 Å². The van der Waals surface area contributed by atoms with Crippen LogP contribution in [0.15, 0.2) is 24.5 Å². The number of pyridine rings is 1. The number of carbonyl (C=O) groups excluding carboxylic acids is 1. The number of nitrogens with zero attached hydrogens (tertiary/aromatic N) is 1. The summed E-state index contributed by atoms with van der Waals surface area (Å²) in [6, 6.07) is 2.77. The van der Waals surface area contributed by atoms with E-state index < -0.39 is 12.0 Å². The fourth-order valence-corrected chi connectivity index (χ4v) is 1.51. The standard InChI is InChI=1S/C12H17N3O3/c1-8(10-3-5-13-6-4-10)14-7-11(12(17)18)15-9(2)16/h3-6,8,11,14H,7H2,1-2H3,(H,15,16)(H,17,18)/t8-,11?/m0/s1. The van der Waals surface area contributed by atoms with Gasteiger partial charge in [-0.05, 0) is 24.6 Å². The van der Waals surface area contributed by atoms with Gasteiger partial charge in [0.15, 0.2) is 0 Å². The molecule has 3 N–H and O–H groups in total. The van der Waals surface area contributed by atoms with Crippen molar-refractivity contribution in [3.8, 4) is 0 Å². The minimum atomic E-state index is -1.06. The van der Waals surface area contributed by atoms with E-state index in [-0.39, 0.29) is 18.5 Å². The number of carboxylic acids is 1. The van der Waals surface area contributed by atoms with Crippen molar-refractivity contribution >= 4 is 11.9 Å². The molecule has 0 radical (unpaired) electrons. The molecule has 0 fully saturated rings. The molecule has 6 heteroatoms. The Labute approximate surface area is 105 Å². The summed E-state index contributed by atoms with van der Waals surface area (Å²) in [6.07, 6.45) is 3.35. The number of amides is 1. The van der Waals surface area contributed by atoms with Crippen LogP contribution in [0.5, 0.6) is 0 Å². The molecule has 0 aliphatic heterocycles. The van der Waals surface area contributed by atoms with Crippen LogP contribution in [0.4, 0.5) is 0 Å². The van der Waals surface area contributed by atoms with Crippen LogP contribution in [0, 0.1) is 0 Å². The van der Waals surface area contributed by atoms with Gasteiger partial charge in [-0.25, -0.2) is 4.79 Å². The molecule has 1 unspecified atom stereocenters. The molecule has 98 valence electrons. The van der Waals surface area contributed by atoms with Crippen molar-refractivity contribution in [3.63, 3.8) is 0 Å². The molecular formula is C12H17N3O3. The first-order valence-corrected chi connectivity index (χ1v) is 5.64. The van der Waals surface area contributed by atoms with Crippen molar-refractivity contribution in [2.75, 3.05) is 6.54 Å². The molecule has 0 aromatic carbocycles. The zero-order valence-corrected chi connectivity index (χ0v) is 10.4. The van der Waals surface area contributed by atoms with Gasteiger partial charge in [0.1, 0.15) is 6.04 Å². The first-order valence-electron chi connectivity index (χ1n) is 5.64. The lowest BCUT2D eigenvalue weighted by atomic mass is 10.1. The summed E-state index contributed by atoms with van der Waals surface area (Å²) in [5.74, 6) is -1.42. The molecule has 1 amide bonds. The van der Waals surface area contributed by atoms with E-state index in [1.54, 1.807) is 12.4 Å². The smallest absolute Gasteiger partial charge is 0.327 e. The van der Waals surface area contributed by atoms with Crippen LogP contribution in [-0.2, 0) is 9.59 Å². The van der Waals surface area contributed by atoms with Gasteiger partial charge in [-0.3, -0.25) is 9.78 Å².